The van der Waals surface area contributed by atoms with Gasteiger partial charge in [-0.3, -0.25) is 4.90 Å². The van der Waals surface area contributed by atoms with Crippen molar-refractivity contribution in [3.8, 4) is 5.75 Å². The van der Waals surface area contributed by atoms with Crippen molar-refractivity contribution in [3.05, 3.63) is 64.3 Å². The van der Waals surface area contributed by atoms with Gasteiger partial charge in [0.15, 0.2) is 0 Å². The molecule has 0 unspecified atom stereocenters. The lowest BCUT2D eigenvalue weighted by Gasteiger charge is -2.35. The van der Waals surface area contributed by atoms with Crippen LogP contribution in [-0.4, -0.2) is 41.6 Å². The Balaban J connectivity index is 1.73. The number of carbonyl (C=O) groups is 1. The van der Waals surface area contributed by atoms with Crippen molar-refractivity contribution in [1.29, 1.82) is 0 Å². The Hall–Kier alpha value is -2.37. The number of aromatic nitrogens is 1. The number of nitrogens with one attached hydrogen (secondary N) is 1. The van der Waals surface area contributed by atoms with Gasteiger partial charge in [-0.15, -0.1) is 11.6 Å². The third-order valence-electron chi connectivity index (χ3n) is 5.33. The van der Waals surface area contributed by atoms with Crippen LogP contribution in [0.15, 0.2) is 42.5 Å². The van der Waals surface area contributed by atoms with Crippen LogP contribution in [0.2, 0.25) is 5.02 Å². The Kier molecular flexibility index (Phi) is 6.40. The maximum absolute atomic E-state index is 12.7. The molecule has 1 aromatic heterocycles. The molecule has 0 radical (unpaired) electrons. The molecule has 0 saturated carbocycles. The standard InChI is InChI=1S/C23H24Cl2N2O3/c1-2-29-23(28)27-12-10-18-19-14-16(25)6-9-20(19)26-21(18)22(27)15-4-7-17(8-5-15)30-13-3-11-24/h4-9,14,22,26H,2-3,10-13H2,1H3/t22-/m0/s1. The van der Waals surface area contributed by atoms with Crippen LogP contribution in [0.3, 0.4) is 0 Å². The van der Waals surface area contributed by atoms with Crippen LogP contribution in [-0.2, 0) is 11.2 Å². The molecule has 0 spiro atoms. The molecular weight excluding hydrogens is 423 g/mol. The summed E-state index contributed by atoms with van der Waals surface area (Å²) in [4.78, 5) is 18.0. The van der Waals surface area contributed by atoms with E-state index in [1.807, 2.05) is 49.4 Å². The molecule has 3 aromatic rings. The lowest BCUT2D eigenvalue weighted by Crippen LogP contribution is -2.40. The highest BCUT2D eigenvalue weighted by Gasteiger charge is 2.35. The Labute approximate surface area is 185 Å². The SMILES string of the molecule is CCOC(=O)N1CCc2c([nH]c3ccc(Cl)cc23)[C@@H]1c1ccc(OCCCCl)cc1. The average molecular weight is 447 g/mol. The first-order chi connectivity index (χ1) is 14.6. The molecule has 1 atom stereocenters. The summed E-state index contributed by atoms with van der Waals surface area (Å²) in [5.41, 5.74) is 4.20. The normalized spacial score (nSPS) is 15.8. The van der Waals surface area contributed by atoms with Gasteiger partial charge in [-0.25, -0.2) is 4.79 Å². The number of fused-ring (bicyclic) bond motifs is 3. The van der Waals surface area contributed by atoms with Crippen molar-refractivity contribution in [3.63, 3.8) is 0 Å². The van der Waals surface area contributed by atoms with Crippen molar-refractivity contribution in [1.82, 2.24) is 9.88 Å². The molecule has 2 heterocycles. The second-order valence-corrected chi connectivity index (χ2v) is 8.03. The maximum atomic E-state index is 12.7. The molecule has 4 rings (SSSR count). The van der Waals surface area contributed by atoms with E-state index >= 15 is 0 Å². The summed E-state index contributed by atoms with van der Waals surface area (Å²) in [7, 11) is 0. The highest BCUT2D eigenvalue weighted by Crippen LogP contribution is 2.39. The summed E-state index contributed by atoms with van der Waals surface area (Å²) >= 11 is 12.0. The van der Waals surface area contributed by atoms with Crippen LogP contribution >= 0.6 is 23.2 Å². The first-order valence-corrected chi connectivity index (χ1v) is 11.1. The Morgan fingerprint density at radius 1 is 1.23 bits per heavy atom. The zero-order valence-electron chi connectivity index (χ0n) is 16.8. The van der Waals surface area contributed by atoms with Crippen LogP contribution in [0.25, 0.3) is 10.9 Å². The Morgan fingerprint density at radius 2 is 2.03 bits per heavy atom. The molecule has 0 bridgehead atoms. The van der Waals surface area contributed by atoms with Gasteiger partial charge in [0.2, 0.25) is 0 Å². The summed E-state index contributed by atoms with van der Waals surface area (Å²) in [6.07, 6.45) is 1.22. The van der Waals surface area contributed by atoms with Gasteiger partial charge in [0, 0.05) is 34.0 Å². The number of nitrogens with zero attached hydrogens (tertiary/aromatic N) is 1. The van der Waals surface area contributed by atoms with Gasteiger partial charge < -0.3 is 14.5 Å². The van der Waals surface area contributed by atoms with Crippen LogP contribution < -0.4 is 4.74 Å². The van der Waals surface area contributed by atoms with Crippen molar-refractivity contribution in [2.24, 2.45) is 0 Å². The largest absolute Gasteiger partial charge is 0.494 e. The fourth-order valence-electron chi connectivity index (χ4n) is 4.00. The molecule has 1 N–H and O–H groups in total. The average Bonchev–Trinajstić information content (AvgIpc) is 3.12. The molecule has 1 aliphatic heterocycles. The fourth-order valence-corrected chi connectivity index (χ4v) is 4.28. The number of aromatic amines is 1. The zero-order chi connectivity index (χ0) is 21.1. The van der Waals surface area contributed by atoms with Crippen molar-refractivity contribution >= 4 is 40.2 Å². The van der Waals surface area contributed by atoms with Gasteiger partial charge in [-0.2, -0.15) is 0 Å². The van der Waals surface area contributed by atoms with E-state index in [4.69, 9.17) is 32.7 Å². The van der Waals surface area contributed by atoms with Gasteiger partial charge in [0.05, 0.1) is 13.2 Å². The van der Waals surface area contributed by atoms with Crippen LogP contribution in [0.5, 0.6) is 5.75 Å². The lowest BCUT2D eigenvalue weighted by molar-refractivity contribution is 0.0932. The maximum Gasteiger partial charge on any atom is 0.410 e. The Bertz CT molecular complexity index is 1030. The molecule has 158 valence electrons. The topological polar surface area (TPSA) is 54.6 Å². The third kappa shape index (κ3) is 4.09. The minimum atomic E-state index is -0.313. The van der Waals surface area contributed by atoms with E-state index in [1.165, 1.54) is 5.56 Å². The van der Waals surface area contributed by atoms with E-state index in [-0.39, 0.29) is 12.1 Å². The first-order valence-electron chi connectivity index (χ1n) is 10.1. The number of hydrogen-bond acceptors (Lipinski definition) is 3. The van der Waals surface area contributed by atoms with E-state index in [0.29, 0.717) is 30.7 Å². The highest BCUT2D eigenvalue weighted by atomic mass is 35.5. The zero-order valence-corrected chi connectivity index (χ0v) is 18.3. The molecule has 0 fully saturated rings. The summed E-state index contributed by atoms with van der Waals surface area (Å²) in [5.74, 6) is 1.35. The minimum absolute atomic E-state index is 0.268. The molecule has 0 saturated heterocycles. The van der Waals surface area contributed by atoms with Gasteiger partial charge in [0.25, 0.3) is 0 Å². The number of amides is 1. The van der Waals surface area contributed by atoms with E-state index < -0.39 is 0 Å². The molecule has 1 aliphatic rings. The number of H-pyrrole nitrogens is 1. The van der Waals surface area contributed by atoms with Crippen molar-refractivity contribution < 1.29 is 14.3 Å². The second kappa shape index (κ2) is 9.19. The highest BCUT2D eigenvalue weighted by molar-refractivity contribution is 6.31. The number of hydrogen-bond donors (Lipinski definition) is 1. The number of carbonyl (C=O) groups excluding carboxylic acids is 1. The number of benzene rings is 2. The van der Waals surface area contributed by atoms with Crippen LogP contribution in [0.1, 0.15) is 36.2 Å². The summed E-state index contributed by atoms with van der Waals surface area (Å²) in [5, 5.41) is 1.80. The van der Waals surface area contributed by atoms with E-state index in [9.17, 15) is 4.79 Å². The van der Waals surface area contributed by atoms with E-state index in [2.05, 4.69) is 4.98 Å². The third-order valence-corrected chi connectivity index (χ3v) is 5.84. The molecular formula is C23H24Cl2N2O3. The van der Waals surface area contributed by atoms with E-state index in [1.54, 1.807) is 4.90 Å². The summed E-state index contributed by atoms with van der Waals surface area (Å²) < 4.78 is 11.1. The van der Waals surface area contributed by atoms with Crippen molar-refractivity contribution in [2.75, 3.05) is 25.6 Å². The predicted molar refractivity (Wildman–Crippen MR) is 120 cm³/mol. The number of halogens is 2. The molecule has 7 heteroatoms. The minimum Gasteiger partial charge on any atom is -0.494 e. The van der Waals surface area contributed by atoms with E-state index in [0.717, 1.165) is 40.8 Å². The van der Waals surface area contributed by atoms with Gasteiger partial charge in [0.1, 0.15) is 11.8 Å². The van der Waals surface area contributed by atoms with Crippen LogP contribution in [0, 0.1) is 0 Å². The molecule has 0 aliphatic carbocycles. The number of rotatable bonds is 6. The molecule has 5 nitrogen and oxygen atoms in total. The Morgan fingerprint density at radius 3 is 2.77 bits per heavy atom. The van der Waals surface area contributed by atoms with Gasteiger partial charge in [-0.05, 0) is 61.2 Å². The number of ether oxygens (including phenoxy) is 2. The molecule has 1 amide bonds. The van der Waals surface area contributed by atoms with Gasteiger partial charge in [-0.1, -0.05) is 23.7 Å². The quantitative estimate of drug-likeness (QED) is 0.376. The van der Waals surface area contributed by atoms with Crippen LogP contribution in [0.4, 0.5) is 4.79 Å². The number of alkyl halides is 1. The van der Waals surface area contributed by atoms with Crippen molar-refractivity contribution in [2.45, 2.75) is 25.8 Å². The molecule has 30 heavy (non-hydrogen) atoms. The smallest absolute Gasteiger partial charge is 0.410 e. The first kappa shape index (κ1) is 20.9. The predicted octanol–water partition coefficient (Wildman–Crippen LogP) is 5.93. The fraction of sp³-hybridized carbons (Fsp3) is 0.348. The second-order valence-electron chi connectivity index (χ2n) is 7.21. The monoisotopic (exact) mass is 446 g/mol. The lowest BCUT2D eigenvalue weighted by atomic mass is 9.92. The van der Waals surface area contributed by atoms with Gasteiger partial charge >= 0.3 is 6.09 Å². The summed E-state index contributed by atoms with van der Waals surface area (Å²) in [6.45, 7) is 3.31. The summed E-state index contributed by atoms with van der Waals surface area (Å²) in [6, 6.07) is 13.4. The molecule has 2 aromatic carbocycles.